The van der Waals surface area contributed by atoms with E-state index in [0.717, 1.165) is 6.42 Å². The Kier molecular flexibility index (Phi) is 3.94. The van der Waals surface area contributed by atoms with Crippen molar-refractivity contribution in [1.29, 1.82) is 5.26 Å². The number of H-pyrrole nitrogens is 1. The van der Waals surface area contributed by atoms with E-state index in [0.29, 0.717) is 12.4 Å². The molecule has 2 aromatic rings. The minimum Gasteiger partial charge on any atom is -0.369 e. The summed E-state index contributed by atoms with van der Waals surface area (Å²) >= 11 is 0. The number of hydrogen-bond donors (Lipinski definition) is 2. The van der Waals surface area contributed by atoms with Crippen LogP contribution in [0.25, 0.3) is 0 Å². The molecule has 0 unspecified atom stereocenters. The largest absolute Gasteiger partial charge is 0.369 e. The van der Waals surface area contributed by atoms with E-state index >= 15 is 0 Å². The zero-order valence-electron chi connectivity index (χ0n) is 10.6. The van der Waals surface area contributed by atoms with Crippen molar-refractivity contribution in [1.82, 2.24) is 9.97 Å². The molecule has 19 heavy (non-hydrogen) atoms. The van der Waals surface area contributed by atoms with E-state index in [4.69, 9.17) is 5.26 Å². The van der Waals surface area contributed by atoms with Crippen LogP contribution in [0.1, 0.15) is 16.8 Å². The number of nitrogens with zero attached hydrogens (tertiary/aromatic N) is 2. The van der Waals surface area contributed by atoms with E-state index in [-0.39, 0.29) is 5.69 Å². The molecule has 1 heterocycles. The van der Waals surface area contributed by atoms with Crippen molar-refractivity contribution < 1.29 is 0 Å². The molecule has 0 radical (unpaired) electrons. The molecule has 0 amide bonds. The van der Waals surface area contributed by atoms with Crippen LogP contribution < -0.4 is 11.0 Å². The van der Waals surface area contributed by atoms with E-state index in [9.17, 15) is 4.79 Å². The van der Waals surface area contributed by atoms with E-state index in [1.165, 1.54) is 17.2 Å². The number of aromatic nitrogens is 2. The number of benzene rings is 1. The van der Waals surface area contributed by atoms with Gasteiger partial charge in [0, 0.05) is 12.6 Å². The van der Waals surface area contributed by atoms with E-state index in [2.05, 4.69) is 40.4 Å². The van der Waals surface area contributed by atoms with E-state index in [1.54, 1.807) is 0 Å². The maximum absolute atomic E-state index is 11.2. The highest BCUT2D eigenvalue weighted by atomic mass is 16.1. The molecule has 0 aliphatic carbocycles. The molecular weight excluding hydrogens is 240 g/mol. The number of nitriles is 1. The van der Waals surface area contributed by atoms with Crippen LogP contribution in [0, 0.1) is 18.3 Å². The van der Waals surface area contributed by atoms with Gasteiger partial charge in [0.15, 0.2) is 0 Å². The lowest BCUT2D eigenvalue weighted by Crippen LogP contribution is -2.16. The van der Waals surface area contributed by atoms with Gasteiger partial charge in [0.05, 0.1) is 0 Å². The molecule has 5 nitrogen and oxygen atoms in total. The minimum absolute atomic E-state index is 0.207. The molecule has 5 heteroatoms. The number of aryl methyl sites for hydroxylation is 1. The molecule has 2 N–H and O–H groups in total. The summed E-state index contributed by atoms with van der Waals surface area (Å²) < 4.78 is 0. The highest BCUT2D eigenvalue weighted by Gasteiger charge is 2.00. The predicted octanol–water partition coefficient (Wildman–Crippen LogP) is 1.60. The van der Waals surface area contributed by atoms with E-state index < -0.39 is 5.69 Å². The van der Waals surface area contributed by atoms with Crippen LogP contribution >= 0.6 is 0 Å². The Hall–Kier alpha value is -2.61. The molecule has 0 fully saturated rings. The first-order valence-electron chi connectivity index (χ1n) is 5.98. The Labute approximate surface area is 110 Å². The second-order valence-electron chi connectivity index (χ2n) is 4.26. The molecule has 0 spiro atoms. The van der Waals surface area contributed by atoms with Crippen LogP contribution in [-0.2, 0) is 6.42 Å². The molecule has 0 aliphatic heterocycles. The molecule has 1 aromatic carbocycles. The third kappa shape index (κ3) is 3.68. The lowest BCUT2D eigenvalue weighted by atomic mass is 10.1. The highest BCUT2D eigenvalue weighted by Crippen LogP contribution is 2.06. The fourth-order valence-electron chi connectivity index (χ4n) is 1.81. The number of rotatable bonds is 4. The van der Waals surface area contributed by atoms with Crippen LogP contribution in [0.3, 0.4) is 0 Å². The van der Waals surface area contributed by atoms with Gasteiger partial charge in [0.25, 0.3) is 0 Å². The van der Waals surface area contributed by atoms with Crippen molar-refractivity contribution in [2.75, 3.05) is 11.9 Å². The van der Waals surface area contributed by atoms with Crippen molar-refractivity contribution in [3.05, 3.63) is 57.6 Å². The molecule has 0 aliphatic rings. The summed E-state index contributed by atoms with van der Waals surface area (Å²) in [5.41, 5.74) is 2.13. The van der Waals surface area contributed by atoms with Gasteiger partial charge >= 0.3 is 5.69 Å². The van der Waals surface area contributed by atoms with Crippen LogP contribution in [0.2, 0.25) is 0 Å². The summed E-state index contributed by atoms with van der Waals surface area (Å²) in [6, 6.07) is 11.7. The Balaban J connectivity index is 1.98. The third-order valence-corrected chi connectivity index (χ3v) is 2.67. The van der Waals surface area contributed by atoms with Gasteiger partial charge < -0.3 is 5.32 Å². The zero-order valence-corrected chi connectivity index (χ0v) is 10.6. The van der Waals surface area contributed by atoms with Gasteiger partial charge in [0.1, 0.15) is 17.6 Å². The topological polar surface area (TPSA) is 81.6 Å². The summed E-state index contributed by atoms with van der Waals surface area (Å²) in [5, 5.41) is 11.8. The van der Waals surface area contributed by atoms with Gasteiger partial charge in [-0.2, -0.15) is 10.2 Å². The summed E-state index contributed by atoms with van der Waals surface area (Å²) in [5.74, 6) is 0.424. The average molecular weight is 254 g/mol. The summed E-state index contributed by atoms with van der Waals surface area (Å²) in [7, 11) is 0. The van der Waals surface area contributed by atoms with Gasteiger partial charge in [-0.1, -0.05) is 29.8 Å². The quantitative estimate of drug-likeness (QED) is 0.868. The first-order chi connectivity index (χ1) is 9.17. The molecule has 2 rings (SSSR count). The van der Waals surface area contributed by atoms with Gasteiger partial charge in [-0.3, -0.25) is 4.98 Å². The first-order valence-corrected chi connectivity index (χ1v) is 5.98. The Morgan fingerprint density at radius 3 is 3.00 bits per heavy atom. The lowest BCUT2D eigenvalue weighted by Gasteiger charge is -2.06. The van der Waals surface area contributed by atoms with Crippen LogP contribution in [0.15, 0.2) is 35.1 Å². The molecule has 1 aromatic heterocycles. The average Bonchev–Trinajstić information content (AvgIpc) is 2.38. The molecule has 96 valence electrons. The van der Waals surface area contributed by atoms with Crippen molar-refractivity contribution in [2.24, 2.45) is 0 Å². The second kappa shape index (κ2) is 5.83. The zero-order chi connectivity index (χ0) is 13.7. The molecular formula is C14H14N4O. The van der Waals surface area contributed by atoms with Gasteiger partial charge in [-0.15, -0.1) is 0 Å². The second-order valence-corrected chi connectivity index (χ2v) is 4.26. The standard InChI is InChI=1S/C14H14N4O/c1-10-3-2-4-11(7-10)5-6-16-13-8-12(9-15)17-14(19)18-13/h2-4,7-8H,5-6H2,1H3,(H2,16,17,18,19). The molecule has 0 saturated heterocycles. The molecule has 0 saturated carbocycles. The molecule has 0 atom stereocenters. The fraction of sp³-hybridized carbons (Fsp3) is 0.214. The smallest absolute Gasteiger partial charge is 0.347 e. The number of hydrogen-bond acceptors (Lipinski definition) is 4. The van der Waals surface area contributed by atoms with Crippen molar-refractivity contribution in [2.45, 2.75) is 13.3 Å². The van der Waals surface area contributed by atoms with Gasteiger partial charge in [-0.25, -0.2) is 4.79 Å². The highest BCUT2D eigenvalue weighted by molar-refractivity contribution is 5.38. The monoisotopic (exact) mass is 254 g/mol. The number of nitrogens with one attached hydrogen (secondary N) is 2. The van der Waals surface area contributed by atoms with E-state index in [1.807, 2.05) is 12.1 Å². The predicted molar refractivity (Wildman–Crippen MR) is 72.9 cm³/mol. The van der Waals surface area contributed by atoms with Crippen molar-refractivity contribution in [3.63, 3.8) is 0 Å². The number of aromatic amines is 1. The van der Waals surface area contributed by atoms with Crippen molar-refractivity contribution in [3.8, 4) is 6.07 Å². The SMILES string of the molecule is Cc1cccc(CCNc2cc(C#N)[nH]c(=O)n2)c1. The maximum Gasteiger partial charge on any atom is 0.347 e. The van der Waals surface area contributed by atoms with Crippen LogP contribution in [0.4, 0.5) is 5.82 Å². The summed E-state index contributed by atoms with van der Waals surface area (Å²) in [6.45, 7) is 2.71. The Morgan fingerprint density at radius 1 is 1.42 bits per heavy atom. The summed E-state index contributed by atoms with van der Waals surface area (Å²) in [4.78, 5) is 17.3. The normalized spacial score (nSPS) is 9.89. The minimum atomic E-state index is -0.517. The molecule has 0 bridgehead atoms. The Bertz CT molecular complexity index is 670. The third-order valence-electron chi connectivity index (χ3n) is 2.67. The fourth-order valence-corrected chi connectivity index (χ4v) is 1.81. The van der Waals surface area contributed by atoms with Gasteiger partial charge in [-0.05, 0) is 18.9 Å². The van der Waals surface area contributed by atoms with Gasteiger partial charge in [0.2, 0.25) is 0 Å². The summed E-state index contributed by atoms with van der Waals surface area (Å²) in [6.07, 6.45) is 0.831. The first kappa shape index (κ1) is 12.8. The maximum atomic E-state index is 11.2. The van der Waals surface area contributed by atoms with Crippen LogP contribution in [0.5, 0.6) is 0 Å². The number of anilines is 1. The lowest BCUT2D eigenvalue weighted by molar-refractivity contribution is 0.979. The van der Waals surface area contributed by atoms with Crippen LogP contribution in [-0.4, -0.2) is 16.5 Å². The van der Waals surface area contributed by atoms with Crippen molar-refractivity contribution >= 4 is 5.82 Å². The Morgan fingerprint density at radius 2 is 2.26 bits per heavy atom.